The van der Waals surface area contributed by atoms with Gasteiger partial charge in [0.25, 0.3) is 5.91 Å². The van der Waals surface area contributed by atoms with Crippen molar-refractivity contribution in [1.82, 2.24) is 0 Å². The number of piperazine rings is 1. The first-order chi connectivity index (χ1) is 15.4. The van der Waals surface area contributed by atoms with Crippen molar-refractivity contribution in [3.8, 4) is 0 Å². The molecule has 0 N–H and O–H groups in total. The van der Waals surface area contributed by atoms with E-state index in [1.165, 1.54) is 0 Å². The molecule has 3 aromatic rings. The van der Waals surface area contributed by atoms with Crippen molar-refractivity contribution in [3.05, 3.63) is 101 Å². The monoisotopic (exact) mass is 424 g/mol. The fourth-order valence-electron chi connectivity index (χ4n) is 4.21. The van der Waals surface area contributed by atoms with Crippen molar-refractivity contribution >= 4 is 29.3 Å². The molecule has 32 heavy (non-hydrogen) atoms. The minimum absolute atomic E-state index is 0.0200. The van der Waals surface area contributed by atoms with Gasteiger partial charge in [0.2, 0.25) is 5.91 Å². The summed E-state index contributed by atoms with van der Waals surface area (Å²) in [5.41, 5.74) is 6.57. The Balaban J connectivity index is 1.82. The van der Waals surface area contributed by atoms with Gasteiger partial charge in [-0.05, 0) is 68.2 Å². The van der Waals surface area contributed by atoms with Crippen molar-refractivity contribution in [2.24, 2.45) is 0 Å². The van der Waals surface area contributed by atoms with Crippen LogP contribution in [-0.2, 0) is 9.59 Å². The molecule has 0 spiro atoms. The number of benzene rings is 3. The molecule has 1 heterocycles. The summed E-state index contributed by atoms with van der Waals surface area (Å²) in [7, 11) is 0. The number of anilines is 2. The van der Waals surface area contributed by atoms with Crippen molar-refractivity contribution in [2.45, 2.75) is 33.7 Å². The van der Waals surface area contributed by atoms with Crippen molar-refractivity contribution in [1.29, 1.82) is 0 Å². The lowest BCUT2D eigenvalue weighted by atomic mass is 9.97. The summed E-state index contributed by atoms with van der Waals surface area (Å²) in [6, 6.07) is 22.8. The molecule has 0 saturated carbocycles. The lowest BCUT2D eigenvalue weighted by Gasteiger charge is -2.41. The normalized spacial score (nSPS) is 17.1. The van der Waals surface area contributed by atoms with E-state index in [0.717, 1.165) is 39.2 Å². The molecule has 0 aliphatic carbocycles. The van der Waals surface area contributed by atoms with E-state index in [-0.39, 0.29) is 18.4 Å². The maximum absolute atomic E-state index is 13.9. The Morgan fingerprint density at radius 1 is 0.875 bits per heavy atom. The van der Waals surface area contributed by atoms with E-state index < -0.39 is 6.04 Å². The minimum atomic E-state index is -0.709. The van der Waals surface area contributed by atoms with Crippen LogP contribution < -0.4 is 9.80 Å². The molecule has 1 aliphatic rings. The second-order valence-electron chi connectivity index (χ2n) is 8.44. The van der Waals surface area contributed by atoms with E-state index in [0.29, 0.717) is 0 Å². The van der Waals surface area contributed by atoms with Gasteiger partial charge in [-0.1, -0.05) is 66.2 Å². The topological polar surface area (TPSA) is 40.6 Å². The molecular weight excluding hydrogens is 396 g/mol. The smallest absolute Gasteiger partial charge is 0.254 e. The van der Waals surface area contributed by atoms with E-state index in [1.54, 1.807) is 9.80 Å². The van der Waals surface area contributed by atoms with E-state index in [4.69, 9.17) is 0 Å². The van der Waals surface area contributed by atoms with Crippen LogP contribution in [0.4, 0.5) is 11.4 Å². The van der Waals surface area contributed by atoms with Crippen molar-refractivity contribution in [2.75, 3.05) is 16.3 Å². The predicted octanol–water partition coefficient (Wildman–Crippen LogP) is 5.46. The van der Waals surface area contributed by atoms with Gasteiger partial charge in [-0.3, -0.25) is 14.5 Å². The van der Waals surface area contributed by atoms with E-state index >= 15 is 0 Å². The SMILES string of the molecule is C/C(=C\c1ccccc1)C1C(=O)N(c2cccc(C)c2C)CC(=O)N1c1ccc(C)cc1. The highest BCUT2D eigenvalue weighted by molar-refractivity contribution is 6.16. The summed E-state index contributed by atoms with van der Waals surface area (Å²) >= 11 is 0. The van der Waals surface area contributed by atoms with Gasteiger partial charge in [-0.15, -0.1) is 0 Å². The van der Waals surface area contributed by atoms with E-state index in [1.807, 2.05) is 107 Å². The highest BCUT2D eigenvalue weighted by Crippen LogP contribution is 2.32. The summed E-state index contributed by atoms with van der Waals surface area (Å²) in [6.45, 7) is 7.97. The van der Waals surface area contributed by atoms with E-state index in [2.05, 4.69) is 0 Å². The third-order valence-corrected chi connectivity index (χ3v) is 6.12. The van der Waals surface area contributed by atoms with Crippen LogP contribution in [0.1, 0.15) is 29.2 Å². The summed E-state index contributed by atoms with van der Waals surface area (Å²) in [6.07, 6.45) is 1.99. The molecule has 2 amide bonds. The average molecular weight is 425 g/mol. The van der Waals surface area contributed by atoms with Crippen LogP contribution in [0.15, 0.2) is 78.4 Å². The van der Waals surface area contributed by atoms with Gasteiger partial charge >= 0.3 is 0 Å². The van der Waals surface area contributed by atoms with Crippen LogP contribution in [0.5, 0.6) is 0 Å². The average Bonchev–Trinajstić information content (AvgIpc) is 2.78. The fraction of sp³-hybridized carbons (Fsp3) is 0.214. The van der Waals surface area contributed by atoms with Gasteiger partial charge < -0.3 is 4.90 Å². The Labute approximate surface area is 189 Å². The summed E-state index contributed by atoms with van der Waals surface area (Å²) in [4.78, 5) is 30.7. The second-order valence-corrected chi connectivity index (χ2v) is 8.44. The van der Waals surface area contributed by atoms with Crippen LogP contribution >= 0.6 is 0 Å². The molecule has 1 unspecified atom stereocenters. The van der Waals surface area contributed by atoms with Crippen LogP contribution in [0.25, 0.3) is 6.08 Å². The molecule has 1 atom stereocenters. The molecule has 1 fully saturated rings. The van der Waals surface area contributed by atoms with Crippen LogP contribution in [-0.4, -0.2) is 24.4 Å². The Bertz CT molecular complexity index is 1180. The van der Waals surface area contributed by atoms with Crippen LogP contribution in [0.2, 0.25) is 0 Å². The Kier molecular flexibility index (Phi) is 5.95. The number of hydrogen-bond acceptors (Lipinski definition) is 2. The van der Waals surface area contributed by atoms with Gasteiger partial charge in [0.15, 0.2) is 0 Å². The summed E-state index contributed by atoms with van der Waals surface area (Å²) in [5, 5.41) is 0. The van der Waals surface area contributed by atoms with E-state index in [9.17, 15) is 9.59 Å². The zero-order chi connectivity index (χ0) is 22.8. The molecule has 3 aromatic carbocycles. The Morgan fingerprint density at radius 3 is 2.25 bits per heavy atom. The zero-order valence-corrected chi connectivity index (χ0v) is 19.0. The Morgan fingerprint density at radius 2 is 1.56 bits per heavy atom. The zero-order valence-electron chi connectivity index (χ0n) is 19.0. The van der Waals surface area contributed by atoms with Gasteiger partial charge in [0.1, 0.15) is 12.6 Å². The quantitative estimate of drug-likeness (QED) is 0.558. The molecular formula is C28H28N2O2. The molecule has 0 aromatic heterocycles. The first-order valence-electron chi connectivity index (χ1n) is 10.9. The number of hydrogen-bond donors (Lipinski definition) is 0. The number of aryl methyl sites for hydroxylation is 2. The third-order valence-electron chi connectivity index (χ3n) is 6.12. The number of amides is 2. The second kappa shape index (κ2) is 8.83. The van der Waals surface area contributed by atoms with Crippen molar-refractivity contribution < 1.29 is 9.59 Å². The van der Waals surface area contributed by atoms with Crippen LogP contribution in [0.3, 0.4) is 0 Å². The fourth-order valence-corrected chi connectivity index (χ4v) is 4.21. The molecule has 4 heteroatoms. The third kappa shape index (κ3) is 4.09. The molecule has 4 nitrogen and oxygen atoms in total. The Hall–Kier alpha value is -3.66. The van der Waals surface area contributed by atoms with Gasteiger partial charge in [-0.25, -0.2) is 0 Å². The molecule has 0 radical (unpaired) electrons. The summed E-state index contributed by atoms with van der Waals surface area (Å²) in [5.74, 6) is -0.191. The maximum Gasteiger partial charge on any atom is 0.254 e. The first kappa shape index (κ1) is 21.6. The number of nitrogens with zero attached hydrogens (tertiary/aromatic N) is 2. The predicted molar refractivity (Wildman–Crippen MR) is 131 cm³/mol. The lowest BCUT2D eigenvalue weighted by molar-refractivity contribution is -0.127. The molecule has 1 saturated heterocycles. The standard InChI is InChI=1S/C28H28N2O2/c1-19-13-15-24(16-14-19)30-26(31)18-29(25-12-8-9-20(2)22(25)4)28(32)27(30)21(3)17-23-10-6-5-7-11-23/h5-17,27H,18H2,1-4H3/b21-17+. The summed E-state index contributed by atoms with van der Waals surface area (Å²) < 4.78 is 0. The number of rotatable bonds is 4. The van der Waals surface area contributed by atoms with Crippen molar-refractivity contribution in [3.63, 3.8) is 0 Å². The maximum atomic E-state index is 13.9. The van der Waals surface area contributed by atoms with Gasteiger partial charge in [0.05, 0.1) is 0 Å². The van der Waals surface area contributed by atoms with Gasteiger partial charge in [0, 0.05) is 11.4 Å². The number of carbonyl (C=O) groups is 2. The molecule has 1 aliphatic heterocycles. The van der Waals surface area contributed by atoms with Gasteiger partial charge in [-0.2, -0.15) is 0 Å². The number of carbonyl (C=O) groups excluding carboxylic acids is 2. The first-order valence-corrected chi connectivity index (χ1v) is 10.9. The largest absolute Gasteiger partial charge is 0.301 e. The highest BCUT2D eigenvalue weighted by Gasteiger charge is 2.42. The molecule has 0 bridgehead atoms. The minimum Gasteiger partial charge on any atom is -0.301 e. The molecule has 4 rings (SSSR count). The molecule has 162 valence electrons. The highest BCUT2D eigenvalue weighted by atomic mass is 16.2. The lowest BCUT2D eigenvalue weighted by Crippen LogP contribution is -2.61. The van der Waals surface area contributed by atoms with Crippen LogP contribution in [0, 0.1) is 20.8 Å².